The van der Waals surface area contributed by atoms with Crippen molar-refractivity contribution in [2.24, 2.45) is 0 Å². The summed E-state index contributed by atoms with van der Waals surface area (Å²) in [7, 11) is 0. The molecule has 0 amide bonds. The minimum absolute atomic E-state index is 0.144. The molecule has 1 aromatic carbocycles. The average molecular weight is 166 g/mol. The number of benzene rings is 1. The van der Waals surface area contributed by atoms with Gasteiger partial charge in [-0.15, -0.1) is 0 Å². The van der Waals surface area contributed by atoms with Crippen LogP contribution in [0, 0.1) is 13.8 Å². The van der Waals surface area contributed by atoms with Crippen molar-refractivity contribution in [1.82, 2.24) is 0 Å². The zero-order chi connectivity index (χ0) is 8.72. The zero-order valence-corrected chi connectivity index (χ0v) is 6.97. The van der Waals surface area contributed by atoms with Gasteiger partial charge in [0.05, 0.1) is 0 Å². The monoisotopic (exact) mass is 166 g/mol. The highest BCUT2D eigenvalue weighted by Crippen LogP contribution is 2.30. The maximum atomic E-state index is 7.13. The summed E-state index contributed by atoms with van der Waals surface area (Å²) in [6.07, 6.45) is 0. The fourth-order valence-electron chi connectivity index (χ4n) is 1.14. The maximum absolute atomic E-state index is 7.13. The molecule has 1 aliphatic heterocycles. The predicted molar refractivity (Wildman–Crippen MR) is 42.5 cm³/mol. The van der Waals surface area contributed by atoms with Gasteiger partial charge < -0.3 is 5.84 Å². The third-order valence-corrected chi connectivity index (χ3v) is 1.97. The van der Waals surface area contributed by atoms with Crippen LogP contribution in [-0.4, -0.2) is 0 Å². The van der Waals surface area contributed by atoms with Crippen molar-refractivity contribution in [2.75, 3.05) is 0 Å². The predicted octanol–water partition coefficient (Wildman–Crippen LogP) is 0.757. The molecule has 12 heavy (non-hydrogen) atoms. The lowest BCUT2D eigenvalue weighted by Crippen LogP contribution is -3.07. The van der Waals surface area contributed by atoms with Crippen LogP contribution in [0.5, 0.6) is 11.5 Å². The fourth-order valence-corrected chi connectivity index (χ4v) is 1.14. The topological polar surface area (TPSA) is 46.7 Å². The van der Waals surface area contributed by atoms with E-state index < -0.39 is 0 Å². The Morgan fingerprint density at radius 1 is 1.08 bits per heavy atom. The highest BCUT2D eigenvalue weighted by Gasteiger charge is 2.21. The summed E-state index contributed by atoms with van der Waals surface area (Å²) < 4.78 is 0. The molecule has 2 rings (SSSR count). The lowest BCUT2D eigenvalue weighted by atomic mass is 10.1. The summed E-state index contributed by atoms with van der Waals surface area (Å²) in [5.74, 6) is 8.41. The Bertz CT molecular complexity index is 294. The van der Waals surface area contributed by atoms with Crippen LogP contribution in [0.25, 0.3) is 5.84 Å². The average Bonchev–Trinajstić information content (AvgIpc) is 2.30. The van der Waals surface area contributed by atoms with Crippen molar-refractivity contribution >= 4 is 0 Å². The summed E-state index contributed by atoms with van der Waals surface area (Å²) in [4.78, 5) is 10.0. The summed E-state index contributed by atoms with van der Waals surface area (Å²) in [6, 6.07) is 3.76. The van der Waals surface area contributed by atoms with Gasteiger partial charge in [0.25, 0.3) is 0 Å². The molecule has 0 aliphatic carbocycles. The van der Waals surface area contributed by atoms with E-state index >= 15 is 0 Å². The van der Waals surface area contributed by atoms with Crippen molar-refractivity contribution in [1.29, 1.82) is 0 Å². The Kier molecular flexibility index (Phi) is 1.46. The quantitative estimate of drug-likeness (QED) is 0.618. The number of rotatable bonds is 0. The second kappa shape index (κ2) is 2.36. The largest absolute Gasteiger partial charge is 0.378 e. The zero-order valence-electron chi connectivity index (χ0n) is 6.97. The van der Waals surface area contributed by atoms with Crippen LogP contribution in [0.15, 0.2) is 12.1 Å². The normalized spacial score (nSPS) is 15.2. The number of quaternary nitrogens is 1. The van der Waals surface area contributed by atoms with Crippen LogP contribution in [0.2, 0.25) is 0 Å². The first-order chi connectivity index (χ1) is 5.66. The Balaban J connectivity index is 2.48. The lowest BCUT2D eigenvalue weighted by molar-refractivity contribution is -1.15. The smallest absolute Gasteiger partial charge is 0.244 e. The van der Waals surface area contributed by atoms with E-state index in [0.29, 0.717) is 11.5 Å². The van der Waals surface area contributed by atoms with Crippen molar-refractivity contribution in [2.45, 2.75) is 13.8 Å². The summed E-state index contributed by atoms with van der Waals surface area (Å²) in [5, 5.41) is -0.144. The second-order valence-electron chi connectivity index (χ2n) is 2.87. The van der Waals surface area contributed by atoms with E-state index in [1.807, 2.05) is 26.0 Å². The highest BCUT2D eigenvalue weighted by atomic mass is 17.0. The van der Waals surface area contributed by atoms with Crippen molar-refractivity contribution in [3.63, 3.8) is 0 Å². The Labute approximate surface area is 70.4 Å². The molecule has 0 saturated heterocycles. The molecule has 0 aromatic heterocycles. The van der Waals surface area contributed by atoms with Gasteiger partial charge in [-0.05, 0) is 42.4 Å². The molecule has 64 valence electrons. The van der Waals surface area contributed by atoms with Gasteiger partial charge in [0.2, 0.25) is 11.5 Å². The molecular formula is C8H10N2O2. The minimum Gasteiger partial charge on any atom is -0.378 e. The number of fused-ring (bicyclic) bond motifs is 1. The third kappa shape index (κ3) is 1.01. The van der Waals surface area contributed by atoms with Gasteiger partial charge in [-0.2, -0.15) is 0 Å². The van der Waals surface area contributed by atoms with Gasteiger partial charge in [-0.25, -0.2) is 0 Å². The Morgan fingerprint density at radius 3 is 1.92 bits per heavy atom. The molecule has 1 aliphatic rings. The molecule has 0 radical (unpaired) electrons. The van der Waals surface area contributed by atoms with E-state index in [9.17, 15) is 0 Å². The number of nitrogens with one attached hydrogen (secondary N) is 2. The maximum Gasteiger partial charge on any atom is 0.244 e. The molecule has 0 bridgehead atoms. The van der Waals surface area contributed by atoms with Crippen LogP contribution in [0.1, 0.15) is 11.1 Å². The third-order valence-electron chi connectivity index (χ3n) is 1.97. The molecule has 4 nitrogen and oxygen atoms in total. The van der Waals surface area contributed by atoms with E-state index in [1.165, 1.54) is 0 Å². The molecule has 1 aromatic rings. The lowest BCUT2D eigenvalue weighted by Gasteiger charge is -2.05. The number of aryl methyl sites for hydroxylation is 2. The summed E-state index contributed by atoms with van der Waals surface area (Å²) in [5.41, 5.74) is 2.29. The summed E-state index contributed by atoms with van der Waals surface area (Å²) >= 11 is 0. The van der Waals surface area contributed by atoms with Gasteiger partial charge in [0.1, 0.15) is 0 Å². The van der Waals surface area contributed by atoms with Crippen LogP contribution < -0.4 is 15.0 Å². The van der Waals surface area contributed by atoms with Crippen LogP contribution in [0.3, 0.4) is 0 Å². The highest BCUT2D eigenvalue weighted by molar-refractivity contribution is 5.46. The van der Waals surface area contributed by atoms with Gasteiger partial charge in [-0.3, -0.25) is 9.68 Å². The molecule has 2 N–H and O–H groups in total. The van der Waals surface area contributed by atoms with Crippen molar-refractivity contribution < 1.29 is 15.0 Å². The van der Waals surface area contributed by atoms with Crippen molar-refractivity contribution in [3.05, 3.63) is 29.1 Å². The molecule has 4 heteroatoms. The summed E-state index contributed by atoms with van der Waals surface area (Å²) in [6.45, 7) is 4.00. The first kappa shape index (κ1) is 7.39. The van der Waals surface area contributed by atoms with E-state index in [-0.39, 0.29) is 5.34 Å². The van der Waals surface area contributed by atoms with Gasteiger partial charge in [0.15, 0.2) is 0 Å². The van der Waals surface area contributed by atoms with E-state index in [2.05, 4.69) is 0 Å². The molecule has 1 heterocycles. The fraction of sp³-hybridized carbons (Fsp3) is 0.250. The van der Waals surface area contributed by atoms with Crippen LogP contribution in [0.4, 0.5) is 0 Å². The Morgan fingerprint density at radius 2 is 1.50 bits per heavy atom. The Hall–Kier alpha value is -1.26. The minimum atomic E-state index is -0.144. The van der Waals surface area contributed by atoms with Gasteiger partial charge in [-0.1, -0.05) is 0 Å². The van der Waals surface area contributed by atoms with E-state index in [1.54, 1.807) is 0 Å². The molecule has 0 fully saturated rings. The number of hydrogen-bond donors (Lipinski definition) is 1. The molecule has 0 atom stereocenters. The van der Waals surface area contributed by atoms with Gasteiger partial charge >= 0.3 is 0 Å². The molecule has 0 unspecified atom stereocenters. The van der Waals surface area contributed by atoms with Gasteiger partial charge in [0, 0.05) is 0 Å². The van der Waals surface area contributed by atoms with Crippen LogP contribution in [-0.2, 0) is 0 Å². The van der Waals surface area contributed by atoms with Crippen molar-refractivity contribution in [3.8, 4) is 11.5 Å². The molecule has 0 spiro atoms. The van der Waals surface area contributed by atoms with E-state index in [0.717, 1.165) is 11.1 Å². The molecule has 0 saturated carbocycles. The first-order valence-electron chi connectivity index (χ1n) is 3.72. The first-order valence-corrected chi connectivity index (χ1v) is 3.72. The standard InChI is InChI=1S/C8H10N2O2/c1-5-3-7-8(4-6(5)2)12-10(9)11-7/h3-4,9-10H,1-2H3. The van der Waals surface area contributed by atoms with Crippen LogP contribution >= 0.6 is 0 Å². The molecular weight excluding hydrogens is 156 g/mol. The van der Waals surface area contributed by atoms with E-state index in [4.69, 9.17) is 15.5 Å². The SMILES string of the molecule is Cc1cc2c(cc1C)O[NH+]([NH-])O2. The second-order valence-corrected chi connectivity index (χ2v) is 2.87. The number of hydrogen-bond acceptors (Lipinski definition) is 2.